The van der Waals surface area contributed by atoms with E-state index in [1.54, 1.807) is 0 Å². The Balaban J connectivity index is 2.31. The first kappa shape index (κ1) is 16.3. The second-order valence-electron chi connectivity index (χ2n) is 3.85. The van der Waals surface area contributed by atoms with E-state index in [4.69, 9.17) is 14.9 Å². The minimum atomic E-state index is -1.57. The highest BCUT2D eigenvalue weighted by atomic mass is 32.2. The number of carbonyl (C=O) groups is 2. The predicted molar refractivity (Wildman–Crippen MR) is 75.0 cm³/mol. The first-order valence-corrected chi connectivity index (χ1v) is 7.04. The van der Waals surface area contributed by atoms with Crippen LogP contribution in [-0.2, 0) is 9.59 Å². The summed E-state index contributed by atoms with van der Waals surface area (Å²) in [5, 5.41) is 19.8. The average molecular weight is 299 g/mol. The Morgan fingerprint density at radius 2 is 2.00 bits per heavy atom. The van der Waals surface area contributed by atoms with Gasteiger partial charge in [0.2, 0.25) is 5.91 Å². The van der Waals surface area contributed by atoms with Gasteiger partial charge in [0, 0.05) is 4.90 Å². The number of aliphatic hydroxyl groups excluding tert-OH is 1. The van der Waals surface area contributed by atoms with E-state index >= 15 is 0 Å². The number of carboxylic acids is 1. The van der Waals surface area contributed by atoms with Gasteiger partial charge in [0.05, 0.1) is 18.9 Å². The molecule has 0 aliphatic rings. The molecule has 0 aromatic heterocycles. The number of benzene rings is 1. The number of aliphatic hydroxyl groups is 1. The third-order valence-electron chi connectivity index (χ3n) is 2.28. The molecule has 7 heteroatoms. The van der Waals surface area contributed by atoms with Gasteiger partial charge in [0.15, 0.2) is 6.10 Å². The topological polar surface area (TPSA) is 95.9 Å². The van der Waals surface area contributed by atoms with Gasteiger partial charge in [-0.05, 0) is 31.2 Å². The van der Waals surface area contributed by atoms with Gasteiger partial charge in [-0.1, -0.05) is 0 Å². The van der Waals surface area contributed by atoms with Gasteiger partial charge >= 0.3 is 5.97 Å². The molecule has 0 aliphatic heterocycles. The predicted octanol–water partition coefficient (Wildman–Crippen LogP) is 0.739. The molecule has 1 rings (SSSR count). The van der Waals surface area contributed by atoms with Crippen molar-refractivity contribution >= 4 is 23.6 Å². The highest BCUT2D eigenvalue weighted by Crippen LogP contribution is 2.21. The summed E-state index contributed by atoms with van der Waals surface area (Å²) in [7, 11) is 0. The number of aliphatic carboxylic acids is 1. The van der Waals surface area contributed by atoms with Crippen LogP contribution in [0.3, 0.4) is 0 Å². The Hall–Kier alpha value is -1.73. The summed E-state index contributed by atoms with van der Waals surface area (Å²) in [6.07, 6.45) is -1.57. The van der Waals surface area contributed by atoms with Crippen molar-refractivity contribution in [3.8, 4) is 5.75 Å². The third-order valence-corrected chi connectivity index (χ3v) is 3.29. The van der Waals surface area contributed by atoms with Crippen LogP contribution in [0.1, 0.15) is 6.92 Å². The molecule has 0 bridgehead atoms. The van der Waals surface area contributed by atoms with Crippen molar-refractivity contribution in [2.75, 3.05) is 18.9 Å². The molecular weight excluding hydrogens is 282 g/mol. The molecule has 0 spiro atoms. The van der Waals surface area contributed by atoms with E-state index in [1.807, 2.05) is 31.2 Å². The van der Waals surface area contributed by atoms with Gasteiger partial charge in [-0.3, -0.25) is 4.79 Å². The molecule has 0 aliphatic carbocycles. The van der Waals surface area contributed by atoms with Crippen LogP contribution in [0.2, 0.25) is 0 Å². The van der Waals surface area contributed by atoms with E-state index < -0.39 is 12.1 Å². The molecule has 110 valence electrons. The van der Waals surface area contributed by atoms with E-state index in [-0.39, 0.29) is 18.2 Å². The van der Waals surface area contributed by atoms with E-state index in [0.29, 0.717) is 6.61 Å². The largest absolute Gasteiger partial charge is 0.494 e. The molecule has 0 saturated carbocycles. The molecule has 1 aromatic carbocycles. The van der Waals surface area contributed by atoms with Crippen LogP contribution in [0.15, 0.2) is 29.2 Å². The standard InChI is InChI=1S/C13H17NO5S/c1-2-19-9-3-5-10(6-4-9)20-8-12(16)14-7-11(15)13(17)18/h3-6,11,15H,2,7-8H2,1H3,(H,14,16)(H,17,18)/t11-/m0/s1. The van der Waals surface area contributed by atoms with Crippen molar-refractivity contribution in [2.24, 2.45) is 0 Å². The van der Waals surface area contributed by atoms with Gasteiger partial charge in [-0.25, -0.2) is 4.79 Å². The molecular formula is C13H17NO5S. The molecule has 0 fully saturated rings. The molecule has 6 nitrogen and oxygen atoms in total. The van der Waals surface area contributed by atoms with Crippen molar-refractivity contribution in [1.82, 2.24) is 5.32 Å². The zero-order valence-electron chi connectivity index (χ0n) is 11.0. The van der Waals surface area contributed by atoms with E-state index in [9.17, 15) is 9.59 Å². The number of hydrogen-bond acceptors (Lipinski definition) is 5. The van der Waals surface area contributed by atoms with Crippen molar-refractivity contribution < 1.29 is 24.5 Å². The molecule has 1 aromatic rings. The quantitative estimate of drug-likeness (QED) is 0.613. The number of nitrogens with one attached hydrogen (secondary N) is 1. The van der Waals surface area contributed by atoms with Gasteiger partial charge in [-0.15, -0.1) is 11.8 Å². The maximum Gasteiger partial charge on any atom is 0.334 e. The van der Waals surface area contributed by atoms with Crippen LogP contribution >= 0.6 is 11.8 Å². The van der Waals surface area contributed by atoms with Crippen LogP contribution in [0, 0.1) is 0 Å². The highest BCUT2D eigenvalue weighted by Gasteiger charge is 2.13. The van der Waals surface area contributed by atoms with Gasteiger partial charge < -0.3 is 20.3 Å². The minimum absolute atomic E-state index is 0.153. The summed E-state index contributed by atoms with van der Waals surface area (Å²) in [6.45, 7) is 2.21. The smallest absolute Gasteiger partial charge is 0.334 e. The number of amides is 1. The third kappa shape index (κ3) is 5.94. The summed E-state index contributed by atoms with van der Waals surface area (Å²) in [5.74, 6) is -0.764. The van der Waals surface area contributed by atoms with Gasteiger partial charge in [0.25, 0.3) is 0 Å². The summed E-state index contributed by atoms with van der Waals surface area (Å²) >= 11 is 1.32. The minimum Gasteiger partial charge on any atom is -0.494 e. The fourth-order valence-corrected chi connectivity index (χ4v) is 2.02. The Morgan fingerprint density at radius 3 is 2.55 bits per heavy atom. The maximum atomic E-state index is 11.5. The fraction of sp³-hybridized carbons (Fsp3) is 0.385. The lowest BCUT2D eigenvalue weighted by molar-refractivity contribution is -0.146. The summed E-state index contributed by atoms with van der Waals surface area (Å²) in [5.41, 5.74) is 0. The molecule has 20 heavy (non-hydrogen) atoms. The maximum absolute atomic E-state index is 11.5. The normalized spacial score (nSPS) is 11.7. The first-order valence-electron chi connectivity index (χ1n) is 6.06. The first-order chi connectivity index (χ1) is 9.52. The lowest BCUT2D eigenvalue weighted by atomic mass is 10.3. The lowest BCUT2D eigenvalue weighted by Crippen LogP contribution is -2.37. The number of carbonyl (C=O) groups excluding carboxylic acids is 1. The number of thioether (sulfide) groups is 1. The van der Waals surface area contributed by atoms with Crippen molar-refractivity contribution in [3.63, 3.8) is 0 Å². The van der Waals surface area contributed by atoms with E-state index in [2.05, 4.69) is 5.32 Å². The second kappa shape index (κ2) is 8.44. The van der Waals surface area contributed by atoms with Crippen LogP contribution in [0.25, 0.3) is 0 Å². The monoisotopic (exact) mass is 299 g/mol. The number of carboxylic acid groups (broad SMARTS) is 1. The number of hydrogen-bond donors (Lipinski definition) is 3. The molecule has 3 N–H and O–H groups in total. The SMILES string of the molecule is CCOc1ccc(SCC(=O)NC[C@H](O)C(=O)O)cc1. The van der Waals surface area contributed by atoms with Crippen LogP contribution in [0.5, 0.6) is 5.75 Å². The van der Waals surface area contributed by atoms with E-state index in [1.165, 1.54) is 11.8 Å². The van der Waals surface area contributed by atoms with E-state index in [0.717, 1.165) is 10.6 Å². The van der Waals surface area contributed by atoms with Crippen LogP contribution in [-0.4, -0.2) is 47.1 Å². The van der Waals surface area contributed by atoms with Crippen molar-refractivity contribution in [1.29, 1.82) is 0 Å². The van der Waals surface area contributed by atoms with Gasteiger partial charge in [-0.2, -0.15) is 0 Å². The second-order valence-corrected chi connectivity index (χ2v) is 4.90. The molecule has 0 saturated heterocycles. The molecule has 1 amide bonds. The van der Waals surface area contributed by atoms with Crippen LogP contribution < -0.4 is 10.1 Å². The Kier molecular flexibility index (Phi) is 6.89. The Morgan fingerprint density at radius 1 is 1.35 bits per heavy atom. The van der Waals surface area contributed by atoms with Gasteiger partial charge in [0.1, 0.15) is 5.75 Å². The lowest BCUT2D eigenvalue weighted by Gasteiger charge is -2.08. The molecule has 0 heterocycles. The number of ether oxygens (including phenoxy) is 1. The Bertz CT molecular complexity index is 449. The number of rotatable bonds is 8. The molecule has 0 radical (unpaired) electrons. The van der Waals surface area contributed by atoms with Crippen LogP contribution in [0.4, 0.5) is 0 Å². The molecule has 1 atom stereocenters. The summed E-state index contributed by atoms with van der Waals surface area (Å²) in [6, 6.07) is 7.32. The Labute approximate surface area is 121 Å². The summed E-state index contributed by atoms with van der Waals surface area (Å²) in [4.78, 5) is 22.7. The molecule has 0 unspecified atom stereocenters. The van der Waals surface area contributed by atoms with Crippen molar-refractivity contribution in [3.05, 3.63) is 24.3 Å². The summed E-state index contributed by atoms with van der Waals surface area (Å²) < 4.78 is 5.30. The zero-order chi connectivity index (χ0) is 15.0. The highest BCUT2D eigenvalue weighted by molar-refractivity contribution is 8.00. The average Bonchev–Trinajstić information content (AvgIpc) is 2.44. The fourth-order valence-electron chi connectivity index (χ4n) is 1.30. The van der Waals surface area contributed by atoms with Crippen molar-refractivity contribution in [2.45, 2.75) is 17.9 Å². The zero-order valence-corrected chi connectivity index (χ0v) is 11.9.